The van der Waals surface area contributed by atoms with Crippen molar-refractivity contribution in [1.29, 1.82) is 0 Å². The van der Waals surface area contributed by atoms with Crippen LogP contribution in [0.2, 0.25) is 0 Å². The lowest BCUT2D eigenvalue weighted by molar-refractivity contribution is -0.116. The Morgan fingerprint density at radius 3 is 2.69 bits per heavy atom. The quantitative estimate of drug-likeness (QED) is 0.720. The maximum Gasteiger partial charge on any atom is 0.253 e. The van der Waals surface area contributed by atoms with Gasteiger partial charge < -0.3 is 20.1 Å². The van der Waals surface area contributed by atoms with Gasteiger partial charge in [0.15, 0.2) is 0 Å². The molecule has 2 heterocycles. The molecular formula is C22H29N5O2. The zero-order valence-corrected chi connectivity index (χ0v) is 16.7. The van der Waals surface area contributed by atoms with Crippen molar-refractivity contribution in [1.82, 2.24) is 19.8 Å². The number of benzene rings is 1. The highest BCUT2D eigenvalue weighted by Crippen LogP contribution is 2.28. The first kappa shape index (κ1) is 19.6. The summed E-state index contributed by atoms with van der Waals surface area (Å²) in [4.78, 5) is 31.0. The number of piperidine rings is 1. The third-order valence-electron chi connectivity index (χ3n) is 5.72. The summed E-state index contributed by atoms with van der Waals surface area (Å²) in [7, 11) is 0. The van der Waals surface area contributed by atoms with Crippen molar-refractivity contribution in [3.8, 4) is 0 Å². The number of imidazole rings is 1. The Kier molecular flexibility index (Phi) is 6.24. The lowest BCUT2D eigenvalue weighted by Gasteiger charge is -2.32. The van der Waals surface area contributed by atoms with Gasteiger partial charge in [-0.2, -0.15) is 0 Å². The van der Waals surface area contributed by atoms with Gasteiger partial charge in [-0.05, 0) is 56.3 Å². The summed E-state index contributed by atoms with van der Waals surface area (Å²) in [6.45, 7) is 3.26. The number of rotatable bonds is 8. The number of nitrogens with one attached hydrogen (secondary N) is 2. The molecule has 154 valence electrons. The molecule has 1 saturated heterocycles. The summed E-state index contributed by atoms with van der Waals surface area (Å²) in [6.07, 6.45) is 10.3. The first-order valence-electron chi connectivity index (χ1n) is 10.6. The van der Waals surface area contributed by atoms with Crippen LogP contribution >= 0.6 is 0 Å². The van der Waals surface area contributed by atoms with Crippen LogP contribution in [0.15, 0.2) is 43.0 Å². The average Bonchev–Trinajstić information content (AvgIpc) is 3.43. The van der Waals surface area contributed by atoms with Crippen molar-refractivity contribution in [2.24, 2.45) is 5.92 Å². The van der Waals surface area contributed by atoms with Crippen LogP contribution in [0.4, 0.5) is 5.69 Å². The molecular weight excluding hydrogens is 366 g/mol. The summed E-state index contributed by atoms with van der Waals surface area (Å²) in [5.41, 5.74) is 1.29. The Bertz CT molecular complexity index is 823. The predicted octanol–water partition coefficient (Wildman–Crippen LogP) is 2.52. The molecule has 4 rings (SSSR count). The van der Waals surface area contributed by atoms with E-state index < -0.39 is 0 Å². The van der Waals surface area contributed by atoms with Crippen molar-refractivity contribution >= 4 is 17.5 Å². The molecule has 0 atom stereocenters. The van der Waals surface area contributed by atoms with Gasteiger partial charge in [0.1, 0.15) is 0 Å². The molecule has 2 aromatic rings. The van der Waals surface area contributed by atoms with E-state index in [4.69, 9.17) is 0 Å². The van der Waals surface area contributed by atoms with Gasteiger partial charge >= 0.3 is 0 Å². The number of likely N-dealkylation sites (tertiary alicyclic amines) is 1. The van der Waals surface area contributed by atoms with E-state index in [2.05, 4.69) is 15.6 Å². The van der Waals surface area contributed by atoms with E-state index in [1.54, 1.807) is 18.6 Å². The summed E-state index contributed by atoms with van der Waals surface area (Å²) < 4.78 is 1.86. The van der Waals surface area contributed by atoms with E-state index in [1.807, 2.05) is 33.9 Å². The molecule has 0 radical (unpaired) electrons. The Morgan fingerprint density at radius 2 is 1.97 bits per heavy atom. The molecule has 29 heavy (non-hydrogen) atoms. The van der Waals surface area contributed by atoms with E-state index >= 15 is 0 Å². The summed E-state index contributed by atoms with van der Waals surface area (Å²) in [6, 6.07) is 7.76. The Hall–Kier alpha value is -2.67. The highest BCUT2D eigenvalue weighted by Gasteiger charge is 2.26. The van der Waals surface area contributed by atoms with Crippen LogP contribution in [-0.2, 0) is 11.3 Å². The van der Waals surface area contributed by atoms with E-state index in [0.29, 0.717) is 30.3 Å². The molecule has 2 N–H and O–H groups in total. The standard InChI is InChI=1S/C22H29N5O2/c28-21(8-10-26-13-9-23-16-26)25-20-3-1-2-18(14-20)22(29)27-11-6-19(7-12-27)24-15-17-4-5-17/h1-3,9,13-14,16-17,19,24H,4-8,10-12,15H2,(H,25,28). The molecule has 7 nitrogen and oxygen atoms in total. The molecule has 0 bridgehead atoms. The number of amides is 2. The molecule has 1 aliphatic carbocycles. The maximum atomic E-state index is 12.9. The van der Waals surface area contributed by atoms with Crippen LogP contribution in [0, 0.1) is 5.92 Å². The molecule has 1 aromatic heterocycles. The lowest BCUT2D eigenvalue weighted by atomic mass is 10.0. The van der Waals surface area contributed by atoms with Gasteiger partial charge in [-0.25, -0.2) is 4.98 Å². The molecule has 2 fully saturated rings. The molecule has 1 saturated carbocycles. The number of aromatic nitrogens is 2. The fourth-order valence-corrected chi connectivity index (χ4v) is 3.73. The predicted molar refractivity (Wildman–Crippen MR) is 112 cm³/mol. The zero-order chi connectivity index (χ0) is 20.1. The van der Waals surface area contributed by atoms with E-state index in [0.717, 1.165) is 38.4 Å². The molecule has 1 aliphatic heterocycles. The number of hydrogen-bond donors (Lipinski definition) is 2. The number of nitrogens with zero attached hydrogens (tertiary/aromatic N) is 3. The normalized spacial score (nSPS) is 17.3. The second-order valence-electron chi connectivity index (χ2n) is 8.10. The van der Waals surface area contributed by atoms with Crippen molar-refractivity contribution in [3.05, 3.63) is 48.5 Å². The van der Waals surface area contributed by atoms with Crippen LogP contribution in [0.3, 0.4) is 0 Å². The minimum atomic E-state index is -0.0779. The molecule has 2 aliphatic rings. The molecule has 0 unspecified atom stereocenters. The minimum Gasteiger partial charge on any atom is -0.339 e. The van der Waals surface area contributed by atoms with Crippen molar-refractivity contribution in [2.45, 2.75) is 44.7 Å². The monoisotopic (exact) mass is 395 g/mol. The maximum absolute atomic E-state index is 12.9. The highest BCUT2D eigenvalue weighted by atomic mass is 16.2. The van der Waals surface area contributed by atoms with Crippen LogP contribution in [0.25, 0.3) is 0 Å². The number of carbonyl (C=O) groups excluding carboxylic acids is 2. The molecule has 7 heteroatoms. The zero-order valence-electron chi connectivity index (χ0n) is 16.7. The van der Waals surface area contributed by atoms with E-state index in [-0.39, 0.29) is 11.8 Å². The second kappa shape index (κ2) is 9.22. The van der Waals surface area contributed by atoms with Crippen molar-refractivity contribution in [2.75, 3.05) is 25.0 Å². The largest absolute Gasteiger partial charge is 0.339 e. The second-order valence-corrected chi connectivity index (χ2v) is 8.10. The lowest BCUT2D eigenvalue weighted by Crippen LogP contribution is -2.45. The van der Waals surface area contributed by atoms with Crippen LogP contribution < -0.4 is 10.6 Å². The molecule has 2 amide bonds. The van der Waals surface area contributed by atoms with Crippen molar-refractivity contribution in [3.63, 3.8) is 0 Å². The number of carbonyl (C=O) groups is 2. The first-order chi connectivity index (χ1) is 14.2. The summed E-state index contributed by atoms with van der Waals surface area (Å²) >= 11 is 0. The number of anilines is 1. The Morgan fingerprint density at radius 1 is 1.14 bits per heavy atom. The van der Waals surface area contributed by atoms with Crippen LogP contribution in [-0.4, -0.2) is 51.9 Å². The SMILES string of the molecule is O=C(CCn1ccnc1)Nc1cccc(C(=O)N2CCC(NCC3CC3)CC2)c1. The fraction of sp³-hybridized carbons (Fsp3) is 0.500. The van der Waals surface area contributed by atoms with Gasteiger partial charge in [0, 0.05) is 55.7 Å². The third-order valence-corrected chi connectivity index (χ3v) is 5.72. The topological polar surface area (TPSA) is 79.3 Å². The summed E-state index contributed by atoms with van der Waals surface area (Å²) in [5, 5.41) is 6.53. The van der Waals surface area contributed by atoms with Gasteiger partial charge in [-0.1, -0.05) is 6.07 Å². The Balaban J connectivity index is 1.26. The molecule has 1 aromatic carbocycles. The smallest absolute Gasteiger partial charge is 0.253 e. The number of hydrogen-bond acceptors (Lipinski definition) is 4. The van der Waals surface area contributed by atoms with Gasteiger partial charge in [0.25, 0.3) is 5.91 Å². The fourth-order valence-electron chi connectivity index (χ4n) is 3.73. The van der Waals surface area contributed by atoms with Crippen LogP contribution in [0.1, 0.15) is 42.5 Å². The van der Waals surface area contributed by atoms with E-state index in [1.165, 1.54) is 12.8 Å². The van der Waals surface area contributed by atoms with Gasteiger partial charge in [-0.15, -0.1) is 0 Å². The average molecular weight is 396 g/mol. The molecule has 0 spiro atoms. The first-order valence-corrected chi connectivity index (χ1v) is 10.6. The number of aryl methyl sites for hydroxylation is 1. The third kappa shape index (κ3) is 5.67. The minimum absolute atomic E-state index is 0.0418. The van der Waals surface area contributed by atoms with Gasteiger partial charge in [-0.3, -0.25) is 9.59 Å². The Labute approximate surface area is 171 Å². The van der Waals surface area contributed by atoms with Crippen LogP contribution in [0.5, 0.6) is 0 Å². The van der Waals surface area contributed by atoms with Crippen molar-refractivity contribution < 1.29 is 9.59 Å². The van der Waals surface area contributed by atoms with Gasteiger partial charge in [0.2, 0.25) is 5.91 Å². The summed E-state index contributed by atoms with van der Waals surface area (Å²) in [5.74, 6) is 0.846. The van der Waals surface area contributed by atoms with Gasteiger partial charge in [0.05, 0.1) is 6.33 Å². The van der Waals surface area contributed by atoms with E-state index in [9.17, 15) is 9.59 Å². The highest BCUT2D eigenvalue weighted by molar-refractivity contribution is 5.97.